The Hall–Kier alpha value is -0.760. The molecule has 1 atom stereocenters. The van der Waals surface area contributed by atoms with Crippen molar-refractivity contribution < 1.29 is 4.29 Å². The van der Waals surface area contributed by atoms with Gasteiger partial charge in [-0.1, -0.05) is 20.8 Å². The van der Waals surface area contributed by atoms with Crippen LogP contribution >= 0.6 is 11.9 Å². The van der Waals surface area contributed by atoms with Gasteiger partial charge in [-0.2, -0.15) is 0 Å². The zero-order valence-electron chi connectivity index (χ0n) is 9.59. The summed E-state index contributed by atoms with van der Waals surface area (Å²) < 4.78 is 4.64. The smallest absolute Gasteiger partial charge is 0.164 e. The van der Waals surface area contributed by atoms with Gasteiger partial charge in [0.25, 0.3) is 0 Å². The molecule has 1 aliphatic carbocycles. The van der Waals surface area contributed by atoms with E-state index in [0.29, 0.717) is 11.7 Å². The van der Waals surface area contributed by atoms with Gasteiger partial charge in [0.2, 0.25) is 0 Å². The molecule has 1 aromatic rings. The number of rotatable bonds is 1. The monoisotopic (exact) mass is 227 g/mol. The van der Waals surface area contributed by atoms with Crippen molar-refractivity contribution >= 4 is 11.9 Å². The molecular weight excluding hydrogens is 210 g/mol. The molecule has 0 N–H and O–H groups in total. The molecule has 0 spiro atoms. The van der Waals surface area contributed by atoms with Crippen LogP contribution in [0.15, 0.2) is 12.3 Å². The highest BCUT2D eigenvalue weighted by molar-refractivity contribution is 6.09. The van der Waals surface area contributed by atoms with Gasteiger partial charge >= 0.3 is 0 Å². The van der Waals surface area contributed by atoms with E-state index in [1.165, 1.54) is 24.1 Å². The second-order valence-electron chi connectivity index (χ2n) is 3.58. The Morgan fingerprint density at radius 3 is 2.87 bits per heavy atom. The fourth-order valence-corrected chi connectivity index (χ4v) is 1.98. The molecule has 0 fully saturated rings. The van der Waals surface area contributed by atoms with Gasteiger partial charge in [-0.05, 0) is 36.8 Å². The molecule has 0 saturated heterocycles. The molecule has 15 heavy (non-hydrogen) atoms. The minimum absolute atomic E-state index is 0.586. The number of hydrogen-bond acceptors (Lipinski definition) is 2. The maximum atomic E-state index is 5.28. The first kappa shape index (κ1) is 12.3. The van der Waals surface area contributed by atoms with E-state index in [1.807, 2.05) is 19.9 Å². The second-order valence-corrected chi connectivity index (χ2v) is 3.73. The molecule has 0 aromatic carbocycles. The Morgan fingerprint density at radius 2 is 2.20 bits per heavy atom. The average molecular weight is 228 g/mol. The molecule has 2 nitrogen and oxygen atoms in total. The predicted molar refractivity (Wildman–Crippen MR) is 63.4 cm³/mol. The number of hydrogen-bond donors (Lipinski definition) is 0. The Balaban J connectivity index is 0.000000531. The minimum Gasteiger partial charge on any atom is -0.384 e. The van der Waals surface area contributed by atoms with Gasteiger partial charge in [0.15, 0.2) is 5.75 Å². The fourth-order valence-electron chi connectivity index (χ4n) is 1.90. The molecule has 0 radical (unpaired) electrons. The summed E-state index contributed by atoms with van der Waals surface area (Å²) in [6.45, 7) is 6.22. The van der Waals surface area contributed by atoms with Crippen LogP contribution in [0.3, 0.4) is 0 Å². The summed E-state index contributed by atoms with van der Waals surface area (Å²) in [4.78, 5) is 4.33. The summed E-state index contributed by atoms with van der Waals surface area (Å²) in [7, 11) is 0. The van der Waals surface area contributed by atoms with Crippen molar-refractivity contribution in [3.05, 3.63) is 23.5 Å². The van der Waals surface area contributed by atoms with Crippen LogP contribution in [0.5, 0.6) is 5.75 Å². The van der Waals surface area contributed by atoms with Crippen LogP contribution < -0.4 is 4.29 Å². The summed E-state index contributed by atoms with van der Waals surface area (Å²) >= 11 is 5.28. The zero-order chi connectivity index (χ0) is 11.3. The molecule has 1 heterocycles. The molecule has 0 saturated carbocycles. The van der Waals surface area contributed by atoms with Gasteiger partial charge < -0.3 is 4.29 Å². The number of aromatic nitrogens is 1. The number of aryl methyl sites for hydroxylation is 1. The maximum Gasteiger partial charge on any atom is 0.164 e. The average Bonchev–Trinajstić information content (AvgIpc) is 2.32. The van der Waals surface area contributed by atoms with Crippen LogP contribution in [-0.2, 0) is 6.42 Å². The minimum atomic E-state index is 0.586. The highest BCUT2D eigenvalue weighted by Gasteiger charge is 2.17. The predicted octanol–water partition coefficient (Wildman–Crippen LogP) is 4.08. The summed E-state index contributed by atoms with van der Waals surface area (Å²) in [6.07, 6.45) is 5.24. The maximum absolute atomic E-state index is 5.28. The van der Waals surface area contributed by atoms with E-state index in [1.54, 1.807) is 6.20 Å². The van der Waals surface area contributed by atoms with E-state index in [4.69, 9.17) is 11.9 Å². The Morgan fingerprint density at radius 1 is 1.47 bits per heavy atom. The molecule has 3 heteroatoms. The van der Waals surface area contributed by atoms with Crippen LogP contribution in [0.25, 0.3) is 0 Å². The van der Waals surface area contributed by atoms with E-state index < -0.39 is 0 Å². The molecule has 0 amide bonds. The third kappa shape index (κ3) is 2.85. The molecule has 1 aliphatic rings. The molecule has 1 unspecified atom stereocenters. The van der Waals surface area contributed by atoms with Crippen molar-refractivity contribution in [2.75, 3.05) is 0 Å². The van der Waals surface area contributed by atoms with E-state index in [2.05, 4.69) is 16.2 Å². The molecular formula is C12H18ClNO. The first-order valence-corrected chi connectivity index (χ1v) is 5.89. The lowest BCUT2D eigenvalue weighted by Crippen LogP contribution is -2.08. The van der Waals surface area contributed by atoms with Crippen LogP contribution in [0.1, 0.15) is 50.8 Å². The van der Waals surface area contributed by atoms with Gasteiger partial charge in [-0.15, -0.1) is 0 Å². The topological polar surface area (TPSA) is 22.1 Å². The van der Waals surface area contributed by atoms with Gasteiger partial charge in [0.1, 0.15) is 11.9 Å². The Bertz CT molecular complexity index is 314. The van der Waals surface area contributed by atoms with Crippen LogP contribution in [0, 0.1) is 0 Å². The first-order chi connectivity index (χ1) is 7.31. The van der Waals surface area contributed by atoms with Crippen LogP contribution in [0.4, 0.5) is 0 Å². The number of fused-ring (bicyclic) bond motifs is 1. The number of pyridine rings is 1. The Labute approximate surface area is 96.8 Å². The van der Waals surface area contributed by atoms with Gasteiger partial charge in [-0.25, -0.2) is 0 Å². The number of nitrogens with zero attached hydrogens (tertiary/aromatic N) is 1. The molecule has 1 aromatic heterocycles. The van der Waals surface area contributed by atoms with Crippen molar-refractivity contribution in [2.24, 2.45) is 0 Å². The zero-order valence-corrected chi connectivity index (χ0v) is 10.3. The van der Waals surface area contributed by atoms with E-state index >= 15 is 0 Å². The largest absolute Gasteiger partial charge is 0.384 e. The van der Waals surface area contributed by atoms with Gasteiger partial charge in [-0.3, -0.25) is 4.98 Å². The summed E-state index contributed by atoms with van der Waals surface area (Å²) in [5.41, 5.74) is 2.50. The van der Waals surface area contributed by atoms with Gasteiger partial charge in [0, 0.05) is 5.69 Å². The third-order valence-electron chi connectivity index (χ3n) is 2.65. The van der Waals surface area contributed by atoms with Gasteiger partial charge in [0.05, 0.1) is 6.20 Å². The van der Waals surface area contributed by atoms with E-state index in [9.17, 15) is 0 Å². The lowest BCUT2D eigenvalue weighted by atomic mass is 9.87. The Kier molecular flexibility index (Phi) is 4.89. The van der Waals surface area contributed by atoms with E-state index in [-0.39, 0.29) is 0 Å². The summed E-state index contributed by atoms with van der Waals surface area (Å²) in [5, 5.41) is 0. The molecule has 2 rings (SSSR count). The first-order valence-electron chi connectivity index (χ1n) is 5.58. The van der Waals surface area contributed by atoms with Crippen molar-refractivity contribution in [2.45, 2.75) is 46.0 Å². The van der Waals surface area contributed by atoms with Crippen molar-refractivity contribution in [3.8, 4) is 5.75 Å². The fraction of sp³-hybridized carbons (Fsp3) is 0.583. The normalized spacial score (nSPS) is 18.5. The van der Waals surface area contributed by atoms with Crippen molar-refractivity contribution in [3.63, 3.8) is 0 Å². The third-order valence-corrected chi connectivity index (χ3v) is 2.83. The highest BCUT2D eigenvalue weighted by atomic mass is 35.5. The number of halogens is 1. The van der Waals surface area contributed by atoms with Crippen molar-refractivity contribution in [1.82, 2.24) is 4.98 Å². The summed E-state index contributed by atoms with van der Waals surface area (Å²) in [6, 6.07) is 2.00. The SMILES string of the molecule is CC.CC1CCCc2ncc(OCl)cc21. The van der Waals surface area contributed by atoms with Crippen molar-refractivity contribution in [1.29, 1.82) is 0 Å². The highest BCUT2D eigenvalue weighted by Crippen LogP contribution is 2.32. The molecule has 84 valence electrons. The van der Waals surface area contributed by atoms with Crippen LogP contribution in [0.2, 0.25) is 0 Å². The standard InChI is InChI=1S/C10H12ClNO.C2H6/c1-7-3-2-4-10-9(7)5-8(13-11)6-12-10;1-2/h5-7H,2-4H2,1H3;1-2H3. The van der Waals surface area contributed by atoms with Crippen LogP contribution in [-0.4, -0.2) is 4.98 Å². The molecule has 0 aliphatic heterocycles. The second kappa shape index (κ2) is 5.96. The molecule has 0 bridgehead atoms. The lowest BCUT2D eigenvalue weighted by molar-refractivity contribution is 0.562. The summed E-state index contributed by atoms with van der Waals surface area (Å²) in [5.74, 6) is 1.23. The lowest BCUT2D eigenvalue weighted by Gasteiger charge is -2.21. The van der Waals surface area contributed by atoms with E-state index in [0.717, 1.165) is 6.42 Å². The quantitative estimate of drug-likeness (QED) is 0.721.